The summed E-state index contributed by atoms with van der Waals surface area (Å²) in [5.74, 6) is 1.58. The molecule has 0 heterocycles. The van der Waals surface area contributed by atoms with Crippen molar-refractivity contribution in [3.63, 3.8) is 0 Å². The van der Waals surface area contributed by atoms with E-state index in [-0.39, 0.29) is 0 Å². The molecule has 1 heteroatoms. The first-order valence-corrected chi connectivity index (χ1v) is 4.61. The van der Waals surface area contributed by atoms with Crippen molar-refractivity contribution in [2.24, 2.45) is 11.8 Å². The second-order valence-electron chi connectivity index (χ2n) is 4.40. The lowest BCUT2D eigenvalue weighted by atomic mass is 9.94. The van der Waals surface area contributed by atoms with Gasteiger partial charge in [-0.15, -0.1) is 0 Å². The topological polar surface area (TPSA) is 3.24 Å². The van der Waals surface area contributed by atoms with Crippen LogP contribution >= 0.6 is 0 Å². The minimum atomic E-state index is 0.745. The SMILES string of the molecule is CC(C)C[C@H](C(C)C)N(C)C. The van der Waals surface area contributed by atoms with Gasteiger partial charge in [0.15, 0.2) is 0 Å². The Bertz CT molecular complexity index is 87.0. The van der Waals surface area contributed by atoms with Crippen molar-refractivity contribution < 1.29 is 0 Å². The highest BCUT2D eigenvalue weighted by atomic mass is 15.1. The second-order valence-corrected chi connectivity index (χ2v) is 4.40. The van der Waals surface area contributed by atoms with Crippen LogP contribution in [-0.2, 0) is 0 Å². The molecule has 0 amide bonds. The van der Waals surface area contributed by atoms with Gasteiger partial charge in [-0.3, -0.25) is 0 Å². The zero-order valence-electron chi connectivity index (χ0n) is 8.89. The van der Waals surface area contributed by atoms with Crippen molar-refractivity contribution in [3.05, 3.63) is 0 Å². The third kappa shape index (κ3) is 4.41. The zero-order valence-corrected chi connectivity index (χ0v) is 8.89. The van der Waals surface area contributed by atoms with Crippen LogP contribution in [0.1, 0.15) is 34.1 Å². The molecule has 1 atom stereocenters. The van der Waals surface area contributed by atoms with E-state index < -0.39 is 0 Å². The van der Waals surface area contributed by atoms with Gasteiger partial charge in [0, 0.05) is 6.04 Å². The summed E-state index contributed by atoms with van der Waals surface area (Å²) in [6.45, 7) is 9.18. The Labute approximate surface area is 71.8 Å². The molecule has 0 aromatic heterocycles. The highest BCUT2D eigenvalue weighted by molar-refractivity contribution is 4.71. The Morgan fingerprint density at radius 3 is 1.55 bits per heavy atom. The lowest BCUT2D eigenvalue weighted by Crippen LogP contribution is -2.33. The molecular formula is C10H23N. The molecule has 0 N–H and O–H groups in total. The Hall–Kier alpha value is -0.0400. The first kappa shape index (κ1) is 11.0. The van der Waals surface area contributed by atoms with Gasteiger partial charge in [-0.25, -0.2) is 0 Å². The van der Waals surface area contributed by atoms with Gasteiger partial charge in [-0.1, -0.05) is 27.7 Å². The average Bonchev–Trinajstić information content (AvgIpc) is 1.81. The van der Waals surface area contributed by atoms with Crippen LogP contribution in [0.15, 0.2) is 0 Å². The first-order valence-electron chi connectivity index (χ1n) is 4.61. The molecule has 0 bridgehead atoms. The minimum Gasteiger partial charge on any atom is -0.306 e. The summed E-state index contributed by atoms with van der Waals surface area (Å²) in [4.78, 5) is 2.34. The predicted molar refractivity (Wildman–Crippen MR) is 51.8 cm³/mol. The van der Waals surface area contributed by atoms with Crippen LogP contribution in [0.25, 0.3) is 0 Å². The molecule has 0 radical (unpaired) electrons. The van der Waals surface area contributed by atoms with Crippen molar-refractivity contribution in [1.82, 2.24) is 4.90 Å². The van der Waals surface area contributed by atoms with Crippen molar-refractivity contribution in [3.8, 4) is 0 Å². The van der Waals surface area contributed by atoms with E-state index >= 15 is 0 Å². The van der Waals surface area contributed by atoms with E-state index in [0.29, 0.717) is 0 Å². The van der Waals surface area contributed by atoms with Gasteiger partial charge in [0.25, 0.3) is 0 Å². The average molecular weight is 157 g/mol. The van der Waals surface area contributed by atoms with Crippen LogP contribution < -0.4 is 0 Å². The number of nitrogens with zero attached hydrogens (tertiary/aromatic N) is 1. The molecule has 0 rings (SSSR count). The molecule has 11 heavy (non-hydrogen) atoms. The first-order chi connectivity index (χ1) is 4.95. The molecule has 0 aliphatic rings. The van der Waals surface area contributed by atoms with Gasteiger partial charge in [0.2, 0.25) is 0 Å². The van der Waals surface area contributed by atoms with Crippen molar-refractivity contribution in [2.45, 2.75) is 40.2 Å². The summed E-state index contributed by atoms with van der Waals surface area (Å²) in [5, 5.41) is 0. The maximum atomic E-state index is 2.34. The summed E-state index contributed by atoms with van der Waals surface area (Å²) in [7, 11) is 4.35. The molecular weight excluding hydrogens is 134 g/mol. The standard InChI is InChI=1S/C10H23N/c1-8(2)7-10(9(3)4)11(5)6/h8-10H,7H2,1-6H3/t10-/m1/s1. The lowest BCUT2D eigenvalue weighted by molar-refractivity contribution is 0.199. The Morgan fingerprint density at radius 1 is 1.00 bits per heavy atom. The van der Waals surface area contributed by atoms with E-state index in [4.69, 9.17) is 0 Å². The molecule has 0 aromatic rings. The zero-order chi connectivity index (χ0) is 9.02. The summed E-state index contributed by atoms with van der Waals surface area (Å²) in [5.41, 5.74) is 0. The monoisotopic (exact) mass is 157 g/mol. The van der Waals surface area contributed by atoms with Crippen LogP contribution in [-0.4, -0.2) is 25.0 Å². The molecule has 0 fully saturated rings. The smallest absolute Gasteiger partial charge is 0.0115 e. The van der Waals surface area contributed by atoms with Gasteiger partial charge >= 0.3 is 0 Å². The van der Waals surface area contributed by atoms with Crippen molar-refractivity contribution in [1.29, 1.82) is 0 Å². The predicted octanol–water partition coefficient (Wildman–Crippen LogP) is 2.62. The number of hydrogen-bond donors (Lipinski definition) is 0. The van der Waals surface area contributed by atoms with E-state index in [1.54, 1.807) is 0 Å². The molecule has 68 valence electrons. The van der Waals surface area contributed by atoms with E-state index in [1.165, 1.54) is 6.42 Å². The molecule has 0 saturated carbocycles. The summed E-state index contributed by atoms with van der Waals surface area (Å²) >= 11 is 0. The molecule has 0 aliphatic heterocycles. The minimum absolute atomic E-state index is 0.745. The van der Waals surface area contributed by atoms with Crippen molar-refractivity contribution in [2.75, 3.05) is 14.1 Å². The van der Waals surface area contributed by atoms with E-state index in [9.17, 15) is 0 Å². The fourth-order valence-corrected chi connectivity index (χ4v) is 1.56. The molecule has 0 saturated heterocycles. The van der Waals surface area contributed by atoms with Crippen LogP contribution in [0.3, 0.4) is 0 Å². The maximum Gasteiger partial charge on any atom is 0.0115 e. The fraction of sp³-hybridized carbons (Fsp3) is 1.00. The van der Waals surface area contributed by atoms with E-state index in [2.05, 4.69) is 46.7 Å². The normalized spacial score (nSPS) is 15.0. The number of hydrogen-bond acceptors (Lipinski definition) is 1. The third-order valence-electron chi connectivity index (χ3n) is 2.15. The molecule has 0 aliphatic carbocycles. The van der Waals surface area contributed by atoms with Gasteiger partial charge in [0.1, 0.15) is 0 Å². The van der Waals surface area contributed by atoms with Gasteiger partial charge in [-0.05, 0) is 32.4 Å². The van der Waals surface area contributed by atoms with E-state index in [1.807, 2.05) is 0 Å². The largest absolute Gasteiger partial charge is 0.306 e. The molecule has 0 spiro atoms. The molecule has 1 nitrogen and oxygen atoms in total. The van der Waals surface area contributed by atoms with E-state index in [0.717, 1.165) is 17.9 Å². The van der Waals surface area contributed by atoms with Crippen LogP contribution in [0.2, 0.25) is 0 Å². The van der Waals surface area contributed by atoms with Gasteiger partial charge in [0.05, 0.1) is 0 Å². The summed E-state index contributed by atoms with van der Waals surface area (Å²) < 4.78 is 0. The second kappa shape index (κ2) is 4.76. The summed E-state index contributed by atoms with van der Waals surface area (Å²) in [6.07, 6.45) is 1.31. The fourth-order valence-electron chi connectivity index (χ4n) is 1.56. The van der Waals surface area contributed by atoms with Crippen LogP contribution in [0, 0.1) is 11.8 Å². The Kier molecular flexibility index (Phi) is 4.74. The van der Waals surface area contributed by atoms with Crippen LogP contribution in [0.4, 0.5) is 0 Å². The maximum absolute atomic E-state index is 2.34. The van der Waals surface area contributed by atoms with Gasteiger partial charge < -0.3 is 4.90 Å². The van der Waals surface area contributed by atoms with Gasteiger partial charge in [-0.2, -0.15) is 0 Å². The third-order valence-corrected chi connectivity index (χ3v) is 2.15. The molecule has 0 aromatic carbocycles. The lowest BCUT2D eigenvalue weighted by Gasteiger charge is -2.29. The quantitative estimate of drug-likeness (QED) is 0.606. The number of rotatable bonds is 4. The Morgan fingerprint density at radius 2 is 1.45 bits per heavy atom. The van der Waals surface area contributed by atoms with Crippen LogP contribution in [0.5, 0.6) is 0 Å². The highest BCUT2D eigenvalue weighted by Gasteiger charge is 2.16. The Balaban J connectivity index is 3.90. The van der Waals surface area contributed by atoms with Crippen molar-refractivity contribution >= 4 is 0 Å². The summed E-state index contributed by atoms with van der Waals surface area (Å²) in [6, 6.07) is 0.745. The highest BCUT2D eigenvalue weighted by Crippen LogP contribution is 2.16. The molecule has 0 unspecified atom stereocenters.